The number of carbonyl (C=O) groups is 2. The van der Waals surface area contributed by atoms with Crippen LogP contribution in [-0.4, -0.2) is 65.3 Å². The summed E-state index contributed by atoms with van der Waals surface area (Å²) in [6, 6.07) is 8.45. The van der Waals surface area contributed by atoms with E-state index in [2.05, 4.69) is 38.4 Å². The molecule has 0 N–H and O–H groups in total. The van der Waals surface area contributed by atoms with Gasteiger partial charge in [-0.3, -0.25) is 19.4 Å². The maximum atomic E-state index is 12.6. The second-order valence-corrected chi connectivity index (χ2v) is 9.67. The molecule has 6 nitrogen and oxygen atoms in total. The van der Waals surface area contributed by atoms with E-state index < -0.39 is 0 Å². The molecule has 1 aromatic heterocycles. The van der Waals surface area contributed by atoms with E-state index in [4.69, 9.17) is 0 Å². The number of imide groups is 1. The summed E-state index contributed by atoms with van der Waals surface area (Å²) in [6.45, 7) is 5.72. The van der Waals surface area contributed by atoms with Gasteiger partial charge in [-0.15, -0.1) is 24.8 Å². The smallest absolute Gasteiger partial charge is 0.233 e. The van der Waals surface area contributed by atoms with Gasteiger partial charge in [0, 0.05) is 38.1 Å². The van der Waals surface area contributed by atoms with Gasteiger partial charge >= 0.3 is 0 Å². The number of unbranched alkanes of at least 4 members (excludes halogenated alkanes) is 1. The Morgan fingerprint density at radius 3 is 2.19 bits per heavy atom. The van der Waals surface area contributed by atoms with E-state index in [1.54, 1.807) is 16.4 Å². The van der Waals surface area contributed by atoms with Crippen LogP contribution in [0.1, 0.15) is 38.5 Å². The van der Waals surface area contributed by atoms with Crippen molar-refractivity contribution in [2.75, 3.05) is 44.2 Å². The minimum atomic E-state index is -0.0128. The first-order valence-corrected chi connectivity index (χ1v) is 12.2. The van der Waals surface area contributed by atoms with Crippen molar-refractivity contribution >= 4 is 64.1 Å². The predicted octanol–water partition coefficient (Wildman–Crippen LogP) is 4.22. The number of anilines is 1. The third-order valence-corrected chi connectivity index (χ3v) is 7.89. The van der Waals surface area contributed by atoms with Gasteiger partial charge in [0.25, 0.3) is 0 Å². The van der Waals surface area contributed by atoms with Crippen molar-refractivity contribution in [1.82, 2.24) is 14.2 Å². The number of fused-ring (bicyclic) bond motifs is 2. The molecule has 2 aromatic rings. The van der Waals surface area contributed by atoms with Gasteiger partial charge in [0.05, 0.1) is 16.5 Å². The molecular weight excluding hydrogens is 467 g/mol. The highest BCUT2D eigenvalue weighted by molar-refractivity contribution is 7.13. The normalized spacial score (nSPS) is 23.8. The Morgan fingerprint density at radius 2 is 1.50 bits per heavy atom. The van der Waals surface area contributed by atoms with Crippen LogP contribution in [-0.2, 0) is 9.59 Å². The Morgan fingerprint density at radius 1 is 0.875 bits per heavy atom. The maximum absolute atomic E-state index is 12.6. The Balaban J connectivity index is 0.00000144. The molecule has 0 bridgehead atoms. The molecule has 0 radical (unpaired) electrons. The Labute approximate surface area is 206 Å². The van der Waals surface area contributed by atoms with Crippen LogP contribution in [0.5, 0.6) is 0 Å². The van der Waals surface area contributed by atoms with E-state index in [1.165, 1.54) is 10.1 Å². The van der Waals surface area contributed by atoms with E-state index in [1.807, 2.05) is 0 Å². The van der Waals surface area contributed by atoms with Crippen LogP contribution in [0.3, 0.4) is 0 Å². The molecular formula is C23H32Cl2N4O2S. The summed E-state index contributed by atoms with van der Waals surface area (Å²) in [7, 11) is 0. The number of nitrogens with zero attached hydrogens (tertiary/aromatic N) is 4. The zero-order valence-electron chi connectivity index (χ0n) is 18.3. The predicted molar refractivity (Wildman–Crippen MR) is 134 cm³/mol. The van der Waals surface area contributed by atoms with E-state index in [0.717, 1.165) is 77.1 Å². The summed E-state index contributed by atoms with van der Waals surface area (Å²) in [5, 5.41) is 1.26. The van der Waals surface area contributed by atoms with Crippen molar-refractivity contribution in [3.63, 3.8) is 0 Å². The first kappa shape index (κ1) is 25.2. The van der Waals surface area contributed by atoms with Crippen molar-refractivity contribution in [3.05, 3.63) is 24.3 Å². The molecule has 9 heteroatoms. The van der Waals surface area contributed by atoms with Gasteiger partial charge in [0.15, 0.2) is 0 Å². The van der Waals surface area contributed by atoms with Gasteiger partial charge in [-0.1, -0.05) is 25.0 Å². The summed E-state index contributed by atoms with van der Waals surface area (Å²) < 4.78 is 5.94. The average molecular weight is 500 g/mol. The van der Waals surface area contributed by atoms with Gasteiger partial charge in [0.1, 0.15) is 5.82 Å². The molecule has 32 heavy (non-hydrogen) atoms. The number of piperazine rings is 1. The molecule has 1 aromatic carbocycles. The molecule has 0 unspecified atom stereocenters. The van der Waals surface area contributed by atoms with Gasteiger partial charge in [-0.05, 0) is 55.9 Å². The highest BCUT2D eigenvalue weighted by Gasteiger charge is 2.47. The topological polar surface area (TPSA) is 56.8 Å². The van der Waals surface area contributed by atoms with Gasteiger partial charge in [0.2, 0.25) is 11.8 Å². The number of amides is 2. The first-order valence-electron chi connectivity index (χ1n) is 11.4. The number of carbonyl (C=O) groups excluding carboxylic acids is 2. The van der Waals surface area contributed by atoms with Crippen LogP contribution in [0.2, 0.25) is 0 Å². The SMILES string of the molecule is Cl.Cl.O=C1[C@H]2CCCC[C@H]2C(=O)N1CCCCN1CCN(c2nsc3ccccc23)CC1. The fourth-order valence-corrected chi connectivity index (χ4v) is 6.14. The quantitative estimate of drug-likeness (QED) is 0.440. The summed E-state index contributed by atoms with van der Waals surface area (Å²) in [5.41, 5.74) is 0. The number of halogens is 2. The second-order valence-electron chi connectivity index (χ2n) is 8.86. The lowest BCUT2D eigenvalue weighted by molar-refractivity contribution is -0.140. The van der Waals surface area contributed by atoms with Crippen molar-refractivity contribution in [2.24, 2.45) is 11.8 Å². The number of rotatable bonds is 6. The van der Waals surface area contributed by atoms with E-state index >= 15 is 0 Å². The van der Waals surface area contributed by atoms with Crippen LogP contribution >= 0.6 is 36.3 Å². The molecule has 2 aliphatic heterocycles. The van der Waals surface area contributed by atoms with Gasteiger partial charge in [-0.25, -0.2) is 0 Å². The average Bonchev–Trinajstić information content (AvgIpc) is 3.32. The Hall–Kier alpha value is -1.41. The fraction of sp³-hybridized carbons (Fsp3) is 0.609. The molecule has 1 saturated carbocycles. The molecule has 176 valence electrons. The molecule has 3 heterocycles. The van der Waals surface area contributed by atoms with Gasteiger partial charge < -0.3 is 4.90 Å². The highest BCUT2D eigenvalue weighted by Crippen LogP contribution is 2.38. The van der Waals surface area contributed by atoms with Crippen molar-refractivity contribution in [2.45, 2.75) is 38.5 Å². The molecule has 2 atom stereocenters. The molecule has 2 saturated heterocycles. The lowest BCUT2D eigenvalue weighted by Crippen LogP contribution is -2.46. The standard InChI is InChI=1S/C23H30N4O2S.2ClH/c28-22-17-7-1-2-8-18(17)23(29)27(22)12-6-5-11-25-13-15-26(16-14-25)21-19-9-3-4-10-20(19)30-24-21;;/h3-4,9-10,17-18H,1-2,5-8,11-16H2;2*1H/t17-,18+;;. The van der Waals surface area contributed by atoms with Crippen molar-refractivity contribution < 1.29 is 9.59 Å². The maximum Gasteiger partial charge on any atom is 0.233 e. The third kappa shape index (κ3) is 4.91. The molecule has 5 rings (SSSR count). The van der Waals surface area contributed by atoms with Crippen LogP contribution in [0.25, 0.3) is 10.1 Å². The second kappa shape index (κ2) is 11.1. The Kier molecular flexibility index (Phi) is 8.78. The van der Waals surface area contributed by atoms with Crippen LogP contribution < -0.4 is 4.90 Å². The minimum Gasteiger partial charge on any atom is -0.353 e. The van der Waals surface area contributed by atoms with Crippen LogP contribution in [0.4, 0.5) is 5.82 Å². The highest BCUT2D eigenvalue weighted by atomic mass is 35.5. The molecule has 2 amide bonds. The van der Waals surface area contributed by atoms with Crippen LogP contribution in [0, 0.1) is 11.8 Å². The van der Waals surface area contributed by atoms with E-state index in [-0.39, 0.29) is 48.5 Å². The minimum absolute atomic E-state index is 0. The lowest BCUT2D eigenvalue weighted by atomic mass is 9.81. The zero-order chi connectivity index (χ0) is 20.5. The number of aromatic nitrogens is 1. The third-order valence-electron chi connectivity index (χ3n) is 7.07. The molecule has 3 aliphatic rings. The summed E-state index contributed by atoms with van der Waals surface area (Å²) in [6.07, 6.45) is 5.95. The zero-order valence-corrected chi connectivity index (χ0v) is 20.7. The number of hydrogen-bond donors (Lipinski definition) is 0. The van der Waals surface area contributed by atoms with Crippen molar-refractivity contribution in [1.29, 1.82) is 0 Å². The summed E-state index contributed by atoms with van der Waals surface area (Å²) in [4.78, 5) is 31.6. The summed E-state index contributed by atoms with van der Waals surface area (Å²) >= 11 is 1.58. The number of hydrogen-bond acceptors (Lipinski definition) is 6. The molecule has 1 aliphatic carbocycles. The van der Waals surface area contributed by atoms with Crippen molar-refractivity contribution in [3.8, 4) is 0 Å². The lowest BCUT2D eigenvalue weighted by Gasteiger charge is -2.35. The monoisotopic (exact) mass is 498 g/mol. The van der Waals surface area contributed by atoms with E-state index in [0.29, 0.717) is 6.54 Å². The molecule has 3 fully saturated rings. The fourth-order valence-electron chi connectivity index (χ4n) is 5.34. The number of likely N-dealkylation sites (tertiary alicyclic amines) is 1. The van der Waals surface area contributed by atoms with E-state index in [9.17, 15) is 9.59 Å². The Bertz CT molecular complexity index is 908. The van der Waals surface area contributed by atoms with Crippen LogP contribution in [0.15, 0.2) is 24.3 Å². The first-order chi connectivity index (χ1) is 14.7. The molecule has 0 spiro atoms. The summed E-state index contributed by atoms with van der Waals surface area (Å²) in [5.74, 6) is 1.31. The number of benzene rings is 1. The van der Waals surface area contributed by atoms with Gasteiger partial charge in [-0.2, -0.15) is 4.37 Å². The largest absolute Gasteiger partial charge is 0.353 e.